The van der Waals surface area contributed by atoms with Crippen molar-refractivity contribution in [2.75, 3.05) is 18.8 Å². The van der Waals surface area contributed by atoms with Gasteiger partial charge in [-0.3, -0.25) is 0 Å². The van der Waals surface area contributed by atoms with E-state index in [1.54, 1.807) is 0 Å². The Bertz CT molecular complexity index is 323. The van der Waals surface area contributed by atoms with Crippen LogP contribution in [0.1, 0.15) is 17.5 Å². The fourth-order valence-corrected chi connectivity index (χ4v) is 2.22. The van der Waals surface area contributed by atoms with Gasteiger partial charge in [0.2, 0.25) is 0 Å². The van der Waals surface area contributed by atoms with Crippen LogP contribution >= 0.6 is 0 Å². The van der Waals surface area contributed by atoms with Crippen molar-refractivity contribution < 1.29 is 5.11 Å². The number of rotatable bonds is 1. The van der Waals surface area contributed by atoms with Crippen molar-refractivity contribution in [1.29, 1.82) is 0 Å². The minimum Gasteiger partial charge on any atom is -0.398 e. The van der Waals surface area contributed by atoms with Gasteiger partial charge in [0.1, 0.15) is 5.60 Å². The molecule has 0 bridgehead atoms. The topological polar surface area (TPSA) is 58.3 Å². The van der Waals surface area contributed by atoms with Crippen LogP contribution in [0.15, 0.2) is 18.2 Å². The van der Waals surface area contributed by atoms with Crippen LogP contribution in [-0.2, 0) is 5.60 Å². The molecule has 1 heterocycles. The molecule has 1 saturated heterocycles. The fourth-order valence-electron chi connectivity index (χ4n) is 2.22. The summed E-state index contributed by atoms with van der Waals surface area (Å²) in [6.07, 6.45) is 0.738. The van der Waals surface area contributed by atoms with Crippen LogP contribution in [0.4, 0.5) is 5.69 Å². The summed E-state index contributed by atoms with van der Waals surface area (Å²) in [6.45, 7) is 3.44. The molecule has 14 heavy (non-hydrogen) atoms. The number of nitrogens with two attached hydrogens (primary N) is 1. The van der Waals surface area contributed by atoms with Crippen LogP contribution in [0.25, 0.3) is 0 Å². The van der Waals surface area contributed by atoms with Crippen LogP contribution in [0.2, 0.25) is 0 Å². The van der Waals surface area contributed by atoms with Gasteiger partial charge in [-0.15, -0.1) is 0 Å². The Labute approximate surface area is 83.9 Å². The lowest BCUT2D eigenvalue weighted by atomic mass is 9.88. The first-order valence-electron chi connectivity index (χ1n) is 4.92. The number of β-amino-alcohol motifs (C(OH)–C–C–N with tert-alkyl or cyclic N) is 1. The molecule has 4 N–H and O–H groups in total. The minimum atomic E-state index is -0.768. The summed E-state index contributed by atoms with van der Waals surface area (Å²) in [5.74, 6) is 0. The average Bonchev–Trinajstić information content (AvgIpc) is 2.52. The molecule has 1 aliphatic heterocycles. The summed E-state index contributed by atoms with van der Waals surface area (Å²) < 4.78 is 0. The van der Waals surface area contributed by atoms with Crippen molar-refractivity contribution in [2.45, 2.75) is 18.9 Å². The predicted octanol–water partition coefficient (Wildman–Crippen LogP) is 0.758. The summed E-state index contributed by atoms with van der Waals surface area (Å²) >= 11 is 0. The standard InChI is InChI=1S/C11H16N2O/c1-8-3-2-4-9(12)10(8)11(14)5-6-13-7-11/h2-4,13-14H,5-7,12H2,1H3. The van der Waals surface area contributed by atoms with E-state index in [2.05, 4.69) is 5.32 Å². The van der Waals surface area contributed by atoms with Gasteiger partial charge in [0.25, 0.3) is 0 Å². The molecule has 0 aliphatic carbocycles. The van der Waals surface area contributed by atoms with Crippen LogP contribution in [0.5, 0.6) is 0 Å². The number of hydrogen-bond donors (Lipinski definition) is 3. The van der Waals surface area contributed by atoms with E-state index >= 15 is 0 Å². The molecule has 0 aromatic heterocycles. The molecular formula is C11H16N2O. The molecule has 76 valence electrons. The maximum Gasteiger partial charge on any atom is 0.105 e. The second-order valence-corrected chi connectivity index (χ2v) is 4.00. The van der Waals surface area contributed by atoms with E-state index in [4.69, 9.17) is 5.73 Å². The largest absolute Gasteiger partial charge is 0.398 e. The number of benzene rings is 1. The molecule has 1 atom stereocenters. The Morgan fingerprint density at radius 1 is 1.50 bits per heavy atom. The second-order valence-electron chi connectivity index (χ2n) is 4.00. The highest BCUT2D eigenvalue weighted by Gasteiger charge is 2.35. The van der Waals surface area contributed by atoms with Crippen molar-refractivity contribution in [3.05, 3.63) is 29.3 Å². The molecule has 1 unspecified atom stereocenters. The molecule has 0 amide bonds. The number of aliphatic hydroxyl groups is 1. The Balaban J connectivity index is 2.49. The van der Waals surface area contributed by atoms with Crippen molar-refractivity contribution in [3.8, 4) is 0 Å². The van der Waals surface area contributed by atoms with Crippen molar-refractivity contribution >= 4 is 5.69 Å². The molecule has 1 aromatic carbocycles. The monoisotopic (exact) mass is 192 g/mol. The van der Waals surface area contributed by atoms with Gasteiger partial charge in [0.05, 0.1) is 0 Å². The Hall–Kier alpha value is -1.06. The van der Waals surface area contributed by atoms with E-state index in [1.165, 1.54) is 0 Å². The number of nitrogens with one attached hydrogen (secondary N) is 1. The van der Waals surface area contributed by atoms with Gasteiger partial charge < -0.3 is 16.2 Å². The van der Waals surface area contributed by atoms with E-state index in [0.717, 1.165) is 24.1 Å². The zero-order chi connectivity index (χ0) is 10.2. The lowest BCUT2D eigenvalue weighted by Gasteiger charge is -2.25. The molecule has 3 heteroatoms. The summed E-state index contributed by atoms with van der Waals surface area (Å²) in [4.78, 5) is 0. The third kappa shape index (κ3) is 1.38. The van der Waals surface area contributed by atoms with Gasteiger partial charge in [-0.1, -0.05) is 12.1 Å². The second kappa shape index (κ2) is 3.26. The lowest BCUT2D eigenvalue weighted by molar-refractivity contribution is 0.0589. The highest BCUT2D eigenvalue weighted by Crippen LogP contribution is 2.33. The molecule has 1 aromatic rings. The summed E-state index contributed by atoms with van der Waals surface area (Å²) in [5.41, 5.74) is 7.78. The van der Waals surface area contributed by atoms with Crippen molar-refractivity contribution in [1.82, 2.24) is 5.32 Å². The zero-order valence-corrected chi connectivity index (χ0v) is 8.38. The third-order valence-corrected chi connectivity index (χ3v) is 2.90. The van der Waals surface area contributed by atoms with Crippen LogP contribution in [0.3, 0.4) is 0 Å². The SMILES string of the molecule is Cc1cccc(N)c1C1(O)CCNC1. The first-order chi connectivity index (χ1) is 6.63. The van der Waals surface area contributed by atoms with Crippen LogP contribution < -0.4 is 11.1 Å². The molecule has 1 aliphatic rings. The van der Waals surface area contributed by atoms with E-state index in [9.17, 15) is 5.11 Å². The van der Waals surface area contributed by atoms with Crippen molar-refractivity contribution in [2.24, 2.45) is 0 Å². The predicted molar refractivity (Wildman–Crippen MR) is 57.0 cm³/mol. The zero-order valence-electron chi connectivity index (χ0n) is 8.38. The molecule has 0 saturated carbocycles. The molecule has 3 nitrogen and oxygen atoms in total. The third-order valence-electron chi connectivity index (χ3n) is 2.90. The summed E-state index contributed by atoms with van der Waals surface area (Å²) in [6, 6.07) is 5.75. The van der Waals surface area contributed by atoms with E-state index in [0.29, 0.717) is 12.2 Å². The minimum absolute atomic E-state index is 0.599. The highest BCUT2D eigenvalue weighted by atomic mass is 16.3. The van der Waals surface area contributed by atoms with Gasteiger partial charge in [-0.2, -0.15) is 0 Å². The number of nitrogen functional groups attached to an aromatic ring is 1. The van der Waals surface area contributed by atoms with Gasteiger partial charge in [0.15, 0.2) is 0 Å². The van der Waals surface area contributed by atoms with E-state index < -0.39 is 5.60 Å². The van der Waals surface area contributed by atoms with Crippen LogP contribution in [-0.4, -0.2) is 18.2 Å². The maximum atomic E-state index is 10.4. The van der Waals surface area contributed by atoms with E-state index in [1.807, 2.05) is 25.1 Å². The van der Waals surface area contributed by atoms with Crippen molar-refractivity contribution in [3.63, 3.8) is 0 Å². The highest BCUT2D eigenvalue weighted by molar-refractivity contribution is 5.54. The molecule has 0 radical (unpaired) electrons. The number of hydrogen-bond acceptors (Lipinski definition) is 3. The fraction of sp³-hybridized carbons (Fsp3) is 0.455. The summed E-state index contributed by atoms with van der Waals surface area (Å²) in [5, 5.41) is 13.5. The average molecular weight is 192 g/mol. The maximum absolute atomic E-state index is 10.4. The van der Waals surface area contributed by atoms with Gasteiger partial charge in [0, 0.05) is 17.8 Å². The molecule has 0 spiro atoms. The number of aryl methyl sites for hydroxylation is 1. The van der Waals surface area contributed by atoms with Gasteiger partial charge >= 0.3 is 0 Å². The quantitative estimate of drug-likeness (QED) is 0.576. The Kier molecular flexibility index (Phi) is 2.21. The molecular weight excluding hydrogens is 176 g/mol. The molecule has 1 fully saturated rings. The first kappa shape index (κ1) is 9.49. The lowest BCUT2D eigenvalue weighted by Crippen LogP contribution is -2.30. The van der Waals surface area contributed by atoms with Gasteiger partial charge in [-0.05, 0) is 31.5 Å². The Morgan fingerprint density at radius 3 is 2.86 bits per heavy atom. The van der Waals surface area contributed by atoms with Crippen LogP contribution in [0, 0.1) is 6.92 Å². The number of anilines is 1. The smallest absolute Gasteiger partial charge is 0.105 e. The molecule has 2 rings (SSSR count). The Morgan fingerprint density at radius 2 is 2.29 bits per heavy atom. The summed E-state index contributed by atoms with van der Waals surface area (Å²) in [7, 11) is 0. The van der Waals surface area contributed by atoms with E-state index in [-0.39, 0.29) is 0 Å². The van der Waals surface area contributed by atoms with Gasteiger partial charge in [-0.25, -0.2) is 0 Å². The normalized spacial score (nSPS) is 26.7. The first-order valence-corrected chi connectivity index (χ1v) is 4.92.